The predicted octanol–water partition coefficient (Wildman–Crippen LogP) is 3.79. The Kier molecular flexibility index (Phi) is 4.61. The molecule has 1 heterocycles. The van der Waals surface area contributed by atoms with Gasteiger partial charge in [-0.05, 0) is 32.2 Å². The van der Waals surface area contributed by atoms with Gasteiger partial charge in [0.2, 0.25) is 0 Å². The lowest BCUT2D eigenvalue weighted by atomic mass is 10.2. The summed E-state index contributed by atoms with van der Waals surface area (Å²) in [6, 6.07) is 6.39. The Balaban J connectivity index is 2.03. The highest BCUT2D eigenvalue weighted by atomic mass is 79.9. The lowest BCUT2D eigenvalue weighted by molar-refractivity contribution is 0.266. The van der Waals surface area contributed by atoms with Gasteiger partial charge in [0, 0.05) is 22.6 Å². The minimum Gasteiger partial charge on any atom is -0.486 e. The molecule has 0 fully saturated rings. The quantitative estimate of drug-likeness (QED) is 0.907. The molecule has 2 aromatic rings. The summed E-state index contributed by atoms with van der Waals surface area (Å²) in [5, 5.41) is 3.07. The Morgan fingerprint density at radius 2 is 2.11 bits per heavy atom. The van der Waals surface area contributed by atoms with Crippen molar-refractivity contribution in [2.24, 2.45) is 0 Å². The third-order valence-electron chi connectivity index (χ3n) is 2.66. The highest BCUT2D eigenvalue weighted by Gasteiger charge is 2.08. The van der Waals surface area contributed by atoms with Crippen molar-refractivity contribution in [3.05, 3.63) is 51.6 Å². The molecule has 0 atom stereocenters. The Hall–Kier alpha value is -1.33. The fraction of sp³-hybridized carbons (Fsp3) is 0.286. The molecule has 0 bridgehead atoms. The first kappa shape index (κ1) is 14.1. The Bertz CT molecular complexity index is 548. The van der Waals surface area contributed by atoms with E-state index < -0.39 is 0 Å². The van der Waals surface area contributed by atoms with Crippen LogP contribution in [0.3, 0.4) is 0 Å². The summed E-state index contributed by atoms with van der Waals surface area (Å²) in [7, 11) is 1.88. The molecule has 1 aromatic heterocycles. The lowest BCUT2D eigenvalue weighted by Gasteiger charge is -2.04. The largest absolute Gasteiger partial charge is 0.486 e. The third kappa shape index (κ3) is 3.81. The second kappa shape index (κ2) is 6.21. The highest BCUT2D eigenvalue weighted by Crippen LogP contribution is 2.22. The summed E-state index contributed by atoms with van der Waals surface area (Å²) in [5.41, 5.74) is 1.10. The van der Waals surface area contributed by atoms with Crippen LogP contribution < -0.4 is 10.1 Å². The first-order valence-corrected chi connectivity index (χ1v) is 6.69. The van der Waals surface area contributed by atoms with E-state index in [1.54, 1.807) is 6.07 Å². The van der Waals surface area contributed by atoms with Crippen LogP contribution in [-0.2, 0) is 13.2 Å². The minimum atomic E-state index is -0.337. The van der Waals surface area contributed by atoms with Crippen LogP contribution in [0.2, 0.25) is 0 Å². The smallest absolute Gasteiger partial charge is 0.146 e. The van der Waals surface area contributed by atoms with Gasteiger partial charge in [-0.3, -0.25) is 0 Å². The van der Waals surface area contributed by atoms with E-state index in [9.17, 15) is 4.39 Å². The van der Waals surface area contributed by atoms with Gasteiger partial charge in [-0.1, -0.05) is 15.9 Å². The number of nitrogens with one attached hydrogen (secondary N) is 1. The molecule has 0 saturated heterocycles. The molecule has 102 valence electrons. The lowest BCUT2D eigenvalue weighted by Crippen LogP contribution is -2.04. The van der Waals surface area contributed by atoms with Crippen LogP contribution in [0.25, 0.3) is 0 Å². The van der Waals surface area contributed by atoms with Crippen molar-refractivity contribution in [2.75, 3.05) is 7.05 Å². The van der Waals surface area contributed by atoms with E-state index in [0.29, 0.717) is 10.2 Å². The van der Waals surface area contributed by atoms with Crippen LogP contribution >= 0.6 is 15.9 Å². The zero-order valence-corrected chi connectivity index (χ0v) is 12.4. The fourth-order valence-electron chi connectivity index (χ4n) is 1.79. The van der Waals surface area contributed by atoms with Crippen molar-refractivity contribution >= 4 is 15.9 Å². The van der Waals surface area contributed by atoms with Gasteiger partial charge in [-0.2, -0.15) is 0 Å². The van der Waals surface area contributed by atoms with E-state index in [1.165, 1.54) is 12.1 Å². The molecule has 3 nitrogen and oxygen atoms in total. The molecule has 1 aromatic carbocycles. The number of benzene rings is 1. The molecule has 0 saturated carbocycles. The van der Waals surface area contributed by atoms with Gasteiger partial charge in [-0.15, -0.1) is 0 Å². The molecule has 0 aliphatic heterocycles. The van der Waals surface area contributed by atoms with Gasteiger partial charge in [0.1, 0.15) is 29.7 Å². The van der Waals surface area contributed by atoms with E-state index in [4.69, 9.17) is 9.15 Å². The average molecular weight is 328 g/mol. The zero-order valence-electron chi connectivity index (χ0n) is 10.8. The van der Waals surface area contributed by atoms with Crippen molar-refractivity contribution in [1.82, 2.24) is 5.32 Å². The number of rotatable bonds is 5. The zero-order chi connectivity index (χ0) is 13.8. The van der Waals surface area contributed by atoms with Crippen molar-refractivity contribution in [2.45, 2.75) is 20.1 Å². The van der Waals surface area contributed by atoms with Crippen molar-refractivity contribution in [3.63, 3.8) is 0 Å². The van der Waals surface area contributed by atoms with Crippen molar-refractivity contribution < 1.29 is 13.5 Å². The summed E-state index contributed by atoms with van der Waals surface area (Å²) >= 11 is 3.22. The summed E-state index contributed by atoms with van der Waals surface area (Å²) in [6.07, 6.45) is 0. The van der Waals surface area contributed by atoms with E-state index in [0.717, 1.165) is 23.6 Å². The molecule has 0 aliphatic rings. The molecule has 19 heavy (non-hydrogen) atoms. The maximum Gasteiger partial charge on any atom is 0.146 e. The molecule has 1 N–H and O–H groups in total. The second-order valence-electron chi connectivity index (χ2n) is 4.22. The maximum absolute atomic E-state index is 13.2. The van der Waals surface area contributed by atoms with Gasteiger partial charge in [0.05, 0.1) is 0 Å². The van der Waals surface area contributed by atoms with Gasteiger partial charge >= 0.3 is 0 Å². The maximum atomic E-state index is 13.2. The van der Waals surface area contributed by atoms with Gasteiger partial charge in [0.15, 0.2) is 0 Å². The number of ether oxygens (including phenoxy) is 1. The molecule has 0 radical (unpaired) electrons. The first-order valence-electron chi connectivity index (χ1n) is 5.90. The molecule has 2 rings (SSSR count). The second-order valence-corrected chi connectivity index (χ2v) is 5.13. The van der Waals surface area contributed by atoms with Gasteiger partial charge in [-0.25, -0.2) is 4.39 Å². The Labute approximate surface area is 119 Å². The number of aryl methyl sites for hydroxylation is 1. The molecule has 0 aliphatic carbocycles. The van der Waals surface area contributed by atoms with E-state index in [1.807, 2.05) is 20.0 Å². The Morgan fingerprint density at radius 3 is 2.79 bits per heavy atom. The van der Waals surface area contributed by atoms with Crippen LogP contribution in [0.5, 0.6) is 5.75 Å². The summed E-state index contributed by atoms with van der Waals surface area (Å²) in [5.74, 6) is 1.73. The van der Waals surface area contributed by atoms with Crippen LogP contribution in [0.1, 0.15) is 17.1 Å². The average Bonchev–Trinajstić information content (AvgIpc) is 2.67. The first-order chi connectivity index (χ1) is 9.08. The fourth-order valence-corrected chi connectivity index (χ4v) is 2.24. The molecule has 0 unspecified atom stereocenters. The summed E-state index contributed by atoms with van der Waals surface area (Å²) in [4.78, 5) is 0. The topological polar surface area (TPSA) is 34.4 Å². The minimum absolute atomic E-state index is 0.278. The van der Waals surface area contributed by atoms with E-state index in [2.05, 4.69) is 21.2 Å². The Morgan fingerprint density at radius 1 is 1.32 bits per heavy atom. The normalized spacial score (nSPS) is 10.7. The molecular formula is C14H15BrFNO2. The molecule has 0 spiro atoms. The monoisotopic (exact) mass is 327 g/mol. The van der Waals surface area contributed by atoms with Gasteiger partial charge in [0.25, 0.3) is 0 Å². The predicted molar refractivity (Wildman–Crippen MR) is 74.6 cm³/mol. The number of hydrogen-bond acceptors (Lipinski definition) is 3. The van der Waals surface area contributed by atoms with Crippen molar-refractivity contribution in [3.8, 4) is 5.75 Å². The molecular weight excluding hydrogens is 313 g/mol. The van der Waals surface area contributed by atoms with Crippen LogP contribution in [0, 0.1) is 12.7 Å². The van der Waals surface area contributed by atoms with Crippen LogP contribution in [0.4, 0.5) is 4.39 Å². The van der Waals surface area contributed by atoms with Gasteiger partial charge < -0.3 is 14.5 Å². The molecule has 5 heteroatoms. The third-order valence-corrected chi connectivity index (χ3v) is 3.11. The molecule has 0 amide bonds. The summed E-state index contributed by atoms with van der Waals surface area (Å²) in [6.45, 7) is 2.94. The van der Waals surface area contributed by atoms with E-state index >= 15 is 0 Å². The van der Waals surface area contributed by atoms with E-state index in [-0.39, 0.29) is 12.4 Å². The highest BCUT2D eigenvalue weighted by molar-refractivity contribution is 9.10. The van der Waals surface area contributed by atoms with Crippen LogP contribution in [0.15, 0.2) is 33.2 Å². The van der Waals surface area contributed by atoms with Crippen LogP contribution in [-0.4, -0.2) is 7.05 Å². The number of halogens is 2. The SMILES string of the molecule is CNCc1cc(COc2cc(F)cc(Br)c2)oc1C. The summed E-state index contributed by atoms with van der Waals surface area (Å²) < 4.78 is 24.9. The number of furan rings is 1. The standard InChI is InChI=1S/C14H15BrFNO2/c1-9-10(7-17-2)3-14(19-9)8-18-13-5-11(15)4-12(16)6-13/h3-6,17H,7-8H2,1-2H3. The number of hydrogen-bond donors (Lipinski definition) is 1. The van der Waals surface area contributed by atoms with Crippen molar-refractivity contribution in [1.29, 1.82) is 0 Å².